The second-order valence-corrected chi connectivity index (χ2v) is 7.90. The van der Waals surface area contributed by atoms with E-state index in [0.717, 1.165) is 32.0 Å². The highest BCUT2D eigenvalue weighted by Gasteiger charge is 2.30. The number of hydrogen-bond donors (Lipinski definition) is 1. The third-order valence-electron chi connectivity index (χ3n) is 4.43. The van der Waals surface area contributed by atoms with Gasteiger partial charge in [0.2, 0.25) is 10.0 Å². The molecule has 3 rings (SSSR count). The van der Waals surface area contributed by atoms with Crippen molar-refractivity contribution in [3.8, 4) is 0 Å². The molecule has 2 N–H and O–H groups in total. The predicted octanol–water partition coefficient (Wildman–Crippen LogP) is -1.38. The molecular weight excluding hydrogens is 288 g/mol. The lowest BCUT2D eigenvalue weighted by Crippen LogP contribution is -3.12. The van der Waals surface area contributed by atoms with Crippen LogP contribution in [0.1, 0.15) is 12.8 Å². The number of anilines is 1. The zero-order valence-corrected chi connectivity index (χ0v) is 13.3. The normalized spacial score (nSPS) is 21.9. The summed E-state index contributed by atoms with van der Waals surface area (Å²) in [5, 5.41) is 0. The zero-order valence-electron chi connectivity index (χ0n) is 12.5. The molecule has 0 atom stereocenters. The van der Waals surface area contributed by atoms with Crippen LogP contribution in [0.25, 0.3) is 0 Å². The highest BCUT2D eigenvalue weighted by atomic mass is 32.2. The van der Waals surface area contributed by atoms with Crippen molar-refractivity contribution in [2.75, 3.05) is 51.2 Å². The minimum absolute atomic E-state index is 0.366. The maximum absolute atomic E-state index is 12.6. The first kappa shape index (κ1) is 14.7. The number of likely N-dealkylation sites (N-methyl/N-ethyl adjacent to an activating group) is 1. The smallest absolute Gasteiger partial charge is 0.274 e. The number of aromatic amines is 1. The Morgan fingerprint density at radius 3 is 2.33 bits per heavy atom. The van der Waals surface area contributed by atoms with E-state index in [-0.39, 0.29) is 0 Å². The first-order valence-corrected chi connectivity index (χ1v) is 9.09. The fourth-order valence-corrected chi connectivity index (χ4v) is 4.38. The van der Waals surface area contributed by atoms with Gasteiger partial charge in [-0.1, -0.05) is 0 Å². The van der Waals surface area contributed by atoms with E-state index in [1.54, 1.807) is 16.6 Å². The van der Waals surface area contributed by atoms with Crippen LogP contribution >= 0.6 is 0 Å². The van der Waals surface area contributed by atoms with Gasteiger partial charge in [0.1, 0.15) is 11.1 Å². The molecule has 7 heteroatoms. The van der Waals surface area contributed by atoms with Crippen molar-refractivity contribution in [2.45, 2.75) is 17.7 Å². The molecule has 0 aromatic carbocycles. The van der Waals surface area contributed by atoms with Gasteiger partial charge in [-0.3, -0.25) is 4.90 Å². The van der Waals surface area contributed by atoms with Crippen molar-refractivity contribution in [2.24, 2.45) is 0 Å². The van der Waals surface area contributed by atoms with E-state index in [2.05, 4.69) is 16.9 Å². The van der Waals surface area contributed by atoms with Crippen LogP contribution in [0.4, 0.5) is 5.82 Å². The average molecular weight is 312 g/mol. The van der Waals surface area contributed by atoms with E-state index >= 15 is 0 Å². The standard InChI is InChI=1S/C14H22N4O2S/c1-16-8-10-18(11-9-16)21(19,20)13-4-5-14(15-12-13)17-6-2-3-7-17/h4-5,12H,2-3,6-11H2,1H3/p+2. The summed E-state index contributed by atoms with van der Waals surface area (Å²) in [6.45, 7) is 5.03. The van der Waals surface area contributed by atoms with Crippen molar-refractivity contribution < 1.29 is 18.3 Å². The van der Waals surface area contributed by atoms with E-state index in [0.29, 0.717) is 18.0 Å². The maximum atomic E-state index is 12.6. The summed E-state index contributed by atoms with van der Waals surface area (Å²) in [4.78, 5) is 7.16. The summed E-state index contributed by atoms with van der Waals surface area (Å²) in [7, 11) is -1.26. The number of piperazine rings is 1. The molecule has 1 aromatic heterocycles. The van der Waals surface area contributed by atoms with Gasteiger partial charge in [0.25, 0.3) is 5.82 Å². The number of nitrogens with zero attached hydrogens (tertiary/aromatic N) is 2. The van der Waals surface area contributed by atoms with Crippen LogP contribution in [0, 0.1) is 0 Å². The molecule has 3 heterocycles. The van der Waals surface area contributed by atoms with E-state index in [4.69, 9.17) is 0 Å². The van der Waals surface area contributed by atoms with E-state index in [1.165, 1.54) is 17.7 Å². The number of sulfonamides is 1. The summed E-state index contributed by atoms with van der Waals surface area (Å²) in [6, 6.07) is 3.62. The maximum Gasteiger partial charge on any atom is 0.274 e. The zero-order chi connectivity index (χ0) is 14.9. The number of aromatic nitrogens is 1. The predicted molar refractivity (Wildman–Crippen MR) is 79.8 cm³/mol. The molecule has 2 aliphatic rings. The topological polar surface area (TPSA) is 59.2 Å². The average Bonchev–Trinajstić information content (AvgIpc) is 3.02. The molecule has 0 bridgehead atoms. The van der Waals surface area contributed by atoms with Crippen LogP contribution in [-0.4, -0.2) is 59.0 Å². The minimum Gasteiger partial charge on any atom is -0.335 e. The largest absolute Gasteiger partial charge is 0.335 e. The molecule has 1 aromatic rings. The number of nitrogens with one attached hydrogen (secondary N) is 2. The van der Waals surface area contributed by atoms with Crippen LogP contribution in [0.15, 0.2) is 23.2 Å². The third-order valence-corrected chi connectivity index (χ3v) is 6.32. The Bertz CT molecular complexity index is 573. The van der Waals surface area contributed by atoms with Crippen LogP contribution in [0.2, 0.25) is 0 Å². The van der Waals surface area contributed by atoms with Crippen LogP contribution in [0.5, 0.6) is 0 Å². The molecule has 0 aliphatic carbocycles. The number of hydrogen-bond acceptors (Lipinski definition) is 3. The highest BCUT2D eigenvalue weighted by Crippen LogP contribution is 2.18. The van der Waals surface area contributed by atoms with Crippen molar-refractivity contribution in [3.63, 3.8) is 0 Å². The molecule has 116 valence electrons. The third kappa shape index (κ3) is 3.04. The number of quaternary nitrogens is 1. The second kappa shape index (κ2) is 5.90. The lowest BCUT2D eigenvalue weighted by Gasteiger charge is -2.29. The molecule has 6 nitrogen and oxygen atoms in total. The van der Waals surface area contributed by atoms with Gasteiger partial charge < -0.3 is 4.90 Å². The fraction of sp³-hybridized carbons (Fsp3) is 0.643. The van der Waals surface area contributed by atoms with Crippen molar-refractivity contribution in [1.82, 2.24) is 4.31 Å². The van der Waals surface area contributed by atoms with Crippen LogP contribution in [-0.2, 0) is 10.0 Å². The number of H-pyrrole nitrogens is 1. The summed E-state index contributed by atoms with van der Waals surface area (Å²) >= 11 is 0. The van der Waals surface area contributed by atoms with Gasteiger partial charge in [0.15, 0.2) is 0 Å². The fourth-order valence-electron chi connectivity index (χ4n) is 2.97. The van der Waals surface area contributed by atoms with Gasteiger partial charge in [0, 0.05) is 6.07 Å². The number of pyridine rings is 1. The molecule has 2 saturated heterocycles. The Balaban J connectivity index is 1.76. The molecule has 0 spiro atoms. The van der Waals surface area contributed by atoms with Crippen molar-refractivity contribution >= 4 is 15.8 Å². The van der Waals surface area contributed by atoms with Gasteiger partial charge in [-0.25, -0.2) is 13.4 Å². The lowest BCUT2D eigenvalue weighted by molar-refractivity contribution is -0.883. The van der Waals surface area contributed by atoms with Gasteiger partial charge in [0.05, 0.1) is 46.3 Å². The Morgan fingerprint density at radius 2 is 1.76 bits per heavy atom. The van der Waals surface area contributed by atoms with E-state index in [1.807, 2.05) is 6.07 Å². The molecule has 0 saturated carbocycles. The highest BCUT2D eigenvalue weighted by molar-refractivity contribution is 7.89. The Morgan fingerprint density at radius 1 is 1.10 bits per heavy atom. The minimum atomic E-state index is -3.36. The van der Waals surface area contributed by atoms with Gasteiger partial charge in [-0.2, -0.15) is 4.31 Å². The monoisotopic (exact) mass is 312 g/mol. The first-order chi connectivity index (χ1) is 10.1. The molecule has 0 amide bonds. The lowest BCUT2D eigenvalue weighted by atomic mass is 10.4. The summed E-state index contributed by atoms with van der Waals surface area (Å²) < 4.78 is 26.8. The van der Waals surface area contributed by atoms with Gasteiger partial charge in [-0.15, -0.1) is 0 Å². The second-order valence-electron chi connectivity index (χ2n) is 5.96. The molecule has 2 aliphatic heterocycles. The first-order valence-electron chi connectivity index (χ1n) is 7.65. The van der Waals surface area contributed by atoms with Crippen LogP contribution in [0.3, 0.4) is 0 Å². The van der Waals surface area contributed by atoms with Crippen molar-refractivity contribution in [1.29, 1.82) is 0 Å². The van der Waals surface area contributed by atoms with E-state index in [9.17, 15) is 8.42 Å². The molecule has 0 radical (unpaired) electrons. The summed E-state index contributed by atoms with van der Waals surface area (Å²) in [5.41, 5.74) is 0. The summed E-state index contributed by atoms with van der Waals surface area (Å²) in [5.74, 6) is 1.01. The Hall–Kier alpha value is -1.18. The molecule has 21 heavy (non-hydrogen) atoms. The van der Waals surface area contributed by atoms with E-state index < -0.39 is 10.0 Å². The van der Waals surface area contributed by atoms with Gasteiger partial charge in [-0.05, 0) is 18.9 Å². The molecular formula is C14H24N4O2S+2. The van der Waals surface area contributed by atoms with Gasteiger partial charge >= 0.3 is 0 Å². The quantitative estimate of drug-likeness (QED) is 0.748. The summed E-state index contributed by atoms with van der Waals surface area (Å²) in [6.07, 6.45) is 4.04. The Kier molecular flexibility index (Phi) is 4.14. The molecule has 0 unspecified atom stereocenters. The Labute approximate surface area is 126 Å². The number of rotatable bonds is 3. The molecule has 2 fully saturated rings. The van der Waals surface area contributed by atoms with Crippen molar-refractivity contribution in [3.05, 3.63) is 18.3 Å². The SMILES string of the molecule is C[NH+]1CCN(S(=O)(=O)c2ccc(N3CCCC3)[nH+]c2)CC1. The van der Waals surface area contributed by atoms with Crippen LogP contribution < -0.4 is 14.8 Å².